The van der Waals surface area contributed by atoms with Gasteiger partial charge in [0.05, 0.1) is 13.2 Å². The number of primary amides is 1. The molecule has 4 N–H and O–H groups in total. The van der Waals surface area contributed by atoms with Gasteiger partial charge in [0, 0.05) is 0 Å². The van der Waals surface area contributed by atoms with Gasteiger partial charge < -0.3 is 25.8 Å². The van der Waals surface area contributed by atoms with Crippen molar-refractivity contribution in [3.8, 4) is 0 Å². The Morgan fingerprint density at radius 2 is 1.73 bits per heavy atom. The molecule has 0 unspecified atom stereocenters. The Hall–Kier alpha value is -2.61. The molecule has 26 heavy (non-hydrogen) atoms. The Kier molecular flexibility index (Phi) is 8.05. The van der Waals surface area contributed by atoms with E-state index in [0.717, 1.165) is 5.56 Å². The first-order chi connectivity index (χ1) is 12.1. The van der Waals surface area contributed by atoms with E-state index in [1.807, 2.05) is 30.3 Å². The maximum Gasteiger partial charge on any atom is 0.408 e. The normalized spacial score (nSPS) is 13.4. The molecule has 0 saturated heterocycles. The molecule has 0 aliphatic rings. The van der Waals surface area contributed by atoms with Crippen molar-refractivity contribution < 1.29 is 23.9 Å². The molecule has 1 aromatic carbocycles. The van der Waals surface area contributed by atoms with Crippen molar-refractivity contribution in [2.75, 3.05) is 6.61 Å². The summed E-state index contributed by atoms with van der Waals surface area (Å²) < 4.78 is 10.7. The molecule has 2 atom stereocenters. The van der Waals surface area contributed by atoms with Gasteiger partial charge in [-0.1, -0.05) is 30.3 Å². The van der Waals surface area contributed by atoms with Crippen LogP contribution in [0.3, 0.4) is 0 Å². The van der Waals surface area contributed by atoms with Crippen LogP contribution in [-0.4, -0.2) is 42.2 Å². The van der Waals surface area contributed by atoms with Gasteiger partial charge in [0.2, 0.25) is 11.8 Å². The van der Waals surface area contributed by atoms with Crippen LogP contribution in [0.5, 0.6) is 0 Å². The summed E-state index contributed by atoms with van der Waals surface area (Å²) in [4.78, 5) is 35.4. The fourth-order valence-electron chi connectivity index (χ4n) is 1.89. The third kappa shape index (κ3) is 8.48. The quantitative estimate of drug-likeness (QED) is 0.637. The SMILES string of the molecule is C[C@H](NC(=O)[C@@H](COCc1ccccc1)NC(=O)OC(C)(C)C)C(N)=O. The predicted octanol–water partition coefficient (Wildman–Crippen LogP) is 1.09. The van der Waals surface area contributed by atoms with E-state index >= 15 is 0 Å². The summed E-state index contributed by atoms with van der Waals surface area (Å²) in [5, 5.41) is 4.89. The highest BCUT2D eigenvalue weighted by Crippen LogP contribution is 2.07. The number of nitrogens with two attached hydrogens (primary N) is 1. The lowest BCUT2D eigenvalue weighted by Gasteiger charge is -2.24. The minimum Gasteiger partial charge on any atom is -0.444 e. The fourth-order valence-corrected chi connectivity index (χ4v) is 1.89. The topological polar surface area (TPSA) is 120 Å². The average Bonchev–Trinajstić information content (AvgIpc) is 2.53. The lowest BCUT2D eigenvalue weighted by atomic mass is 10.2. The first-order valence-electron chi connectivity index (χ1n) is 8.29. The lowest BCUT2D eigenvalue weighted by molar-refractivity contribution is -0.129. The number of ether oxygens (including phenoxy) is 2. The summed E-state index contributed by atoms with van der Waals surface area (Å²) in [6.45, 7) is 6.77. The fraction of sp³-hybridized carbons (Fsp3) is 0.500. The number of carbonyl (C=O) groups excluding carboxylic acids is 3. The second-order valence-corrected chi connectivity index (χ2v) is 6.83. The van der Waals surface area contributed by atoms with Gasteiger partial charge >= 0.3 is 6.09 Å². The molecule has 0 fully saturated rings. The second-order valence-electron chi connectivity index (χ2n) is 6.83. The van der Waals surface area contributed by atoms with E-state index in [9.17, 15) is 14.4 Å². The van der Waals surface area contributed by atoms with Crippen molar-refractivity contribution >= 4 is 17.9 Å². The molecule has 3 amide bonds. The summed E-state index contributed by atoms with van der Waals surface area (Å²) in [6.07, 6.45) is -0.757. The predicted molar refractivity (Wildman–Crippen MR) is 96.1 cm³/mol. The third-order valence-electron chi connectivity index (χ3n) is 3.19. The van der Waals surface area contributed by atoms with E-state index < -0.39 is 35.6 Å². The number of rotatable bonds is 8. The van der Waals surface area contributed by atoms with Crippen LogP contribution >= 0.6 is 0 Å². The summed E-state index contributed by atoms with van der Waals surface area (Å²) in [6, 6.07) is 7.48. The molecule has 0 saturated carbocycles. The molecule has 8 nitrogen and oxygen atoms in total. The minimum atomic E-state index is -1.03. The number of carbonyl (C=O) groups is 3. The Morgan fingerprint density at radius 3 is 2.27 bits per heavy atom. The first-order valence-corrected chi connectivity index (χ1v) is 8.29. The number of amides is 3. The monoisotopic (exact) mass is 365 g/mol. The molecule has 1 rings (SSSR count). The Labute approximate surface area is 153 Å². The maximum atomic E-state index is 12.3. The molecular formula is C18H27N3O5. The molecule has 144 valence electrons. The van der Waals surface area contributed by atoms with Gasteiger partial charge in [-0.3, -0.25) is 9.59 Å². The van der Waals surface area contributed by atoms with Gasteiger partial charge in [-0.2, -0.15) is 0 Å². The van der Waals surface area contributed by atoms with E-state index in [1.165, 1.54) is 6.92 Å². The Balaban J connectivity index is 2.68. The van der Waals surface area contributed by atoms with Gasteiger partial charge in [0.15, 0.2) is 0 Å². The van der Waals surface area contributed by atoms with Crippen molar-refractivity contribution in [1.29, 1.82) is 0 Å². The molecule has 0 aromatic heterocycles. The molecule has 0 heterocycles. The summed E-state index contributed by atoms with van der Waals surface area (Å²) >= 11 is 0. The molecule has 0 aliphatic heterocycles. The van der Waals surface area contributed by atoms with E-state index in [1.54, 1.807) is 20.8 Å². The van der Waals surface area contributed by atoms with E-state index in [2.05, 4.69) is 10.6 Å². The minimum absolute atomic E-state index is 0.0918. The third-order valence-corrected chi connectivity index (χ3v) is 3.19. The summed E-state index contributed by atoms with van der Waals surface area (Å²) in [5.41, 5.74) is 5.36. The van der Waals surface area contributed by atoms with Crippen LogP contribution in [-0.2, 0) is 25.7 Å². The van der Waals surface area contributed by atoms with Crippen molar-refractivity contribution in [2.24, 2.45) is 5.73 Å². The van der Waals surface area contributed by atoms with Crippen LogP contribution in [0.1, 0.15) is 33.3 Å². The van der Waals surface area contributed by atoms with Crippen molar-refractivity contribution in [2.45, 2.75) is 52.0 Å². The van der Waals surface area contributed by atoms with E-state index in [-0.39, 0.29) is 13.2 Å². The molecule has 0 aliphatic carbocycles. The zero-order valence-corrected chi connectivity index (χ0v) is 15.6. The van der Waals surface area contributed by atoms with E-state index in [0.29, 0.717) is 0 Å². The number of benzene rings is 1. The molecule has 0 bridgehead atoms. The van der Waals surface area contributed by atoms with Crippen LogP contribution < -0.4 is 16.4 Å². The second kappa shape index (κ2) is 9.76. The van der Waals surface area contributed by atoms with Crippen molar-refractivity contribution in [3.63, 3.8) is 0 Å². The molecular weight excluding hydrogens is 338 g/mol. The number of nitrogens with one attached hydrogen (secondary N) is 2. The molecule has 8 heteroatoms. The highest BCUT2D eigenvalue weighted by Gasteiger charge is 2.26. The van der Waals surface area contributed by atoms with Crippen molar-refractivity contribution in [3.05, 3.63) is 35.9 Å². The lowest BCUT2D eigenvalue weighted by Crippen LogP contribution is -2.54. The Morgan fingerprint density at radius 1 is 1.12 bits per heavy atom. The van der Waals surface area contributed by atoms with Gasteiger partial charge in [0.1, 0.15) is 17.7 Å². The van der Waals surface area contributed by atoms with E-state index in [4.69, 9.17) is 15.2 Å². The van der Waals surface area contributed by atoms with Gasteiger partial charge in [-0.05, 0) is 33.3 Å². The van der Waals surface area contributed by atoms with Crippen LogP contribution in [0.15, 0.2) is 30.3 Å². The zero-order chi connectivity index (χ0) is 19.7. The Bertz CT molecular complexity index is 613. The smallest absolute Gasteiger partial charge is 0.408 e. The van der Waals surface area contributed by atoms with Crippen LogP contribution in [0.4, 0.5) is 4.79 Å². The average molecular weight is 365 g/mol. The highest BCUT2D eigenvalue weighted by molar-refractivity contribution is 5.90. The first kappa shape index (κ1) is 21.4. The number of hydrogen-bond acceptors (Lipinski definition) is 5. The van der Waals surface area contributed by atoms with Gasteiger partial charge in [0.25, 0.3) is 0 Å². The van der Waals surface area contributed by atoms with Crippen LogP contribution in [0, 0.1) is 0 Å². The molecule has 0 radical (unpaired) electrons. The van der Waals surface area contributed by atoms with Crippen molar-refractivity contribution in [1.82, 2.24) is 10.6 Å². The van der Waals surface area contributed by atoms with Gasteiger partial charge in [-0.25, -0.2) is 4.79 Å². The van der Waals surface area contributed by atoms with Gasteiger partial charge in [-0.15, -0.1) is 0 Å². The molecule has 1 aromatic rings. The largest absolute Gasteiger partial charge is 0.444 e. The zero-order valence-electron chi connectivity index (χ0n) is 15.6. The summed E-state index contributed by atoms with van der Waals surface area (Å²) in [5.74, 6) is -1.27. The summed E-state index contributed by atoms with van der Waals surface area (Å²) in [7, 11) is 0. The molecule has 0 spiro atoms. The standard InChI is InChI=1S/C18H27N3O5/c1-12(15(19)22)20-16(23)14(21-17(24)26-18(2,3)4)11-25-10-13-8-6-5-7-9-13/h5-9,12,14H,10-11H2,1-4H3,(H2,19,22)(H,20,23)(H,21,24)/t12-,14+/m0/s1. The van der Waals surface area contributed by atoms with Crippen LogP contribution in [0.25, 0.3) is 0 Å². The number of hydrogen-bond donors (Lipinski definition) is 3. The maximum absolute atomic E-state index is 12.3. The highest BCUT2D eigenvalue weighted by atomic mass is 16.6. The van der Waals surface area contributed by atoms with Crippen LogP contribution in [0.2, 0.25) is 0 Å². The number of alkyl carbamates (subject to hydrolysis) is 1.